The summed E-state index contributed by atoms with van der Waals surface area (Å²) in [5.41, 5.74) is 4.96. The highest BCUT2D eigenvalue weighted by atomic mass is 35.5. The molecule has 0 bridgehead atoms. The van der Waals surface area contributed by atoms with Crippen molar-refractivity contribution in [1.82, 2.24) is 14.7 Å². The molecule has 0 aliphatic carbocycles. The van der Waals surface area contributed by atoms with Crippen LogP contribution < -0.4 is 10.2 Å². The van der Waals surface area contributed by atoms with Gasteiger partial charge in [0.1, 0.15) is 0 Å². The zero-order chi connectivity index (χ0) is 20.4. The molecule has 1 saturated heterocycles. The maximum absolute atomic E-state index is 12.6. The van der Waals surface area contributed by atoms with Gasteiger partial charge in [0.05, 0.1) is 33.5 Å². The average Bonchev–Trinajstić information content (AvgIpc) is 3.04. The molecule has 2 aromatic carbocycles. The Morgan fingerprint density at radius 1 is 0.966 bits per heavy atom. The zero-order valence-corrected chi connectivity index (χ0v) is 17.4. The van der Waals surface area contributed by atoms with Gasteiger partial charge in [-0.3, -0.25) is 0 Å². The summed E-state index contributed by atoms with van der Waals surface area (Å²) in [7, 11) is 0. The van der Waals surface area contributed by atoms with Crippen LogP contribution in [0.3, 0.4) is 0 Å². The Morgan fingerprint density at radius 3 is 2.31 bits per heavy atom. The van der Waals surface area contributed by atoms with Crippen LogP contribution in [-0.2, 0) is 0 Å². The predicted octanol–water partition coefficient (Wildman–Crippen LogP) is 4.50. The first kappa shape index (κ1) is 19.3. The number of nitrogens with one attached hydrogen (secondary N) is 1. The standard InChI is InChI=1S/C22H24ClN5O/c1-16-21(17(2)28(25-16)18-8-4-3-5-9-18)26-12-14-27(15-13-26)22(29)24-20-11-7-6-10-19(20)23/h3-11H,12-15H2,1-2H3,(H,24,29). The zero-order valence-electron chi connectivity index (χ0n) is 16.6. The summed E-state index contributed by atoms with van der Waals surface area (Å²) >= 11 is 6.15. The summed E-state index contributed by atoms with van der Waals surface area (Å²) in [5.74, 6) is 0. The van der Waals surface area contributed by atoms with Crippen LogP contribution in [0.15, 0.2) is 54.6 Å². The Hall–Kier alpha value is -2.99. The molecule has 0 radical (unpaired) electrons. The quantitative estimate of drug-likeness (QED) is 0.693. The van der Waals surface area contributed by atoms with E-state index in [-0.39, 0.29) is 6.03 Å². The summed E-state index contributed by atoms with van der Waals surface area (Å²) < 4.78 is 1.99. The van der Waals surface area contributed by atoms with E-state index in [9.17, 15) is 4.79 Å². The number of benzene rings is 2. The minimum atomic E-state index is -0.119. The number of rotatable bonds is 3. The number of nitrogens with zero attached hydrogens (tertiary/aromatic N) is 4. The van der Waals surface area contributed by atoms with Gasteiger partial charge in [0, 0.05) is 26.2 Å². The Balaban J connectivity index is 1.44. The van der Waals surface area contributed by atoms with E-state index in [1.807, 2.05) is 46.8 Å². The number of urea groups is 1. The SMILES string of the molecule is Cc1nn(-c2ccccc2)c(C)c1N1CCN(C(=O)Nc2ccccc2Cl)CC1. The number of anilines is 2. The van der Waals surface area contributed by atoms with Gasteiger partial charge in [-0.15, -0.1) is 0 Å². The first-order valence-electron chi connectivity index (χ1n) is 9.71. The van der Waals surface area contributed by atoms with Crippen LogP contribution in [0, 0.1) is 13.8 Å². The first-order valence-corrected chi connectivity index (χ1v) is 10.1. The Bertz CT molecular complexity index is 1010. The lowest BCUT2D eigenvalue weighted by Crippen LogP contribution is -2.50. The topological polar surface area (TPSA) is 53.4 Å². The van der Waals surface area contributed by atoms with E-state index in [1.165, 1.54) is 0 Å². The third kappa shape index (κ3) is 3.93. The third-order valence-corrected chi connectivity index (χ3v) is 5.58. The third-order valence-electron chi connectivity index (χ3n) is 5.25. The van der Waals surface area contributed by atoms with Crippen LogP contribution >= 0.6 is 11.6 Å². The number of aromatic nitrogens is 2. The van der Waals surface area contributed by atoms with Crippen molar-refractivity contribution < 1.29 is 4.79 Å². The monoisotopic (exact) mass is 409 g/mol. The second kappa shape index (κ2) is 8.17. The van der Waals surface area contributed by atoms with Crippen molar-refractivity contribution in [2.45, 2.75) is 13.8 Å². The van der Waals surface area contributed by atoms with Crippen molar-refractivity contribution in [3.8, 4) is 5.69 Å². The predicted molar refractivity (Wildman–Crippen MR) is 117 cm³/mol. The van der Waals surface area contributed by atoms with Crippen LogP contribution in [-0.4, -0.2) is 46.9 Å². The van der Waals surface area contributed by atoms with Gasteiger partial charge in [-0.25, -0.2) is 9.48 Å². The van der Waals surface area contributed by atoms with Crippen LogP contribution in [0.5, 0.6) is 0 Å². The summed E-state index contributed by atoms with van der Waals surface area (Å²) in [6.45, 7) is 6.95. The molecule has 1 fully saturated rings. The molecule has 0 unspecified atom stereocenters. The van der Waals surface area contributed by atoms with Crippen LogP contribution in [0.2, 0.25) is 5.02 Å². The highest BCUT2D eigenvalue weighted by molar-refractivity contribution is 6.33. The number of para-hydroxylation sites is 2. The number of piperazine rings is 1. The average molecular weight is 410 g/mol. The fourth-order valence-corrected chi connectivity index (χ4v) is 3.99. The van der Waals surface area contributed by atoms with Crippen molar-refractivity contribution >= 4 is 29.0 Å². The van der Waals surface area contributed by atoms with Gasteiger partial charge in [-0.2, -0.15) is 5.10 Å². The molecule has 29 heavy (non-hydrogen) atoms. The number of amides is 2. The van der Waals surface area contributed by atoms with Crippen LogP contribution in [0.1, 0.15) is 11.4 Å². The minimum Gasteiger partial charge on any atom is -0.365 e. The van der Waals surface area contributed by atoms with Gasteiger partial charge in [0.25, 0.3) is 0 Å². The van der Waals surface area contributed by atoms with Gasteiger partial charge in [0.15, 0.2) is 0 Å². The largest absolute Gasteiger partial charge is 0.365 e. The number of hydrogen-bond donors (Lipinski definition) is 1. The van der Waals surface area contributed by atoms with Gasteiger partial charge in [-0.1, -0.05) is 41.9 Å². The molecule has 3 aromatic rings. The van der Waals surface area contributed by atoms with E-state index in [4.69, 9.17) is 16.7 Å². The molecule has 0 saturated carbocycles. The fraction of sp³-hybridized carbons (Fsp3) is 0.273. The molecule has 1 aromatic heterocycles. The number of carbonyl (C=O) groups excluding carboxylic acids is 1. The molecule has 1 N–H and O–H groups in total. The van der Waals surface area contributed by atoms with E-state index in [1.54, 1.807) is 12.1 Å². The number of carbonyl (C=O) groups is 1. The molecule has 4 rings (SSSR count). The minimum absolute atomic E-state index is 0.119. The van der Waals surface area contributed by atoms with Crippen LogP contribution in [0.4, 0.5) is 16.2 Å². The fourth-order valence-electron chi connectivity index (χ4n) is 3.80. The van der Waals surface area contributed by atoms with Gasteiger partial charge in [-0.05, 0) is 38.1 Å². The van der Waals surface area contributed by atoms with Gasteiger partial charge in [0.2, 0.25) is 0 Å². The molecule has 1 aliphatic heterocycles. The lowest BCUT2D eigenvalue weighted by atomic mass is 10.2. The lowest BCUT2D eigenvalue weighted by Gasteiger charge is -2.36. The smallest absolute Gasteiger partial charge is 0.322 e. The van der Waals surface area contributed by atoms with Gasteiger partial charge >= 0.3 is 6.03 Å². The maximum atomic E-state index is 12.6. The molecule has 0 spiro atoms. The summed E-state index contributed by atoms with van der Waals surface area (Å²) in [6.07, 6.45) is 0. The normalized spacial score (nSPS) is 14.2. The number of hydrogen-bond acceptors (Lipinski definition) is 3. The van der Waals surface area contributed by atoms with Crippen molar-refractivity contribution in [1.29, 1.82) is 0 Å². The highest BCUT2D eigenvalue weighted by Gasteiger charge is 2.25. The van der Waals surface area contributed by atoms with E-state index in [0.717, 1.165) is 35.9 Å². The molecule has 0 atom stereocenters. The number of halogens is 1. The second-order valence-electron chi connectivity index (χ2n) is 7.15. The van der Waals surface area contributed by atoms with Crippen molar-refractivity contribution in [3.63, 3.8) is 0 Å². The first-order chi connectivity index (χ1) is 14.0. The van der Waals surface area contributed by atoms with E-state index < -0.39 is 0 Å². The molecule has 150 valence electrons. The van der Waals surface area contributed by atoms with E-state index in [0.29, 0.717) is 23.8 Å². The summed E-state index contributed by atoms with van der Waals surface area (Å²) in [5, 5.41) is 8.19. The number of aryl methyl sites for hydroxylation is 1. The maximum Gasteiger partial charge on any atom is 0.322 e. The van der Waals surface area contributed by atoms with Crippen molar-refractivity contribution in [2.24, 2.45) is 0 Å². The Morgan fingerprint density at radius 2 is 1.62 bits per heavy atom. The summed E-state index contributed by atoms with van der Waals surface area (Å²) in [4.78, 5) is 16.7. The van der Waals surface area contributed by atoms with Gasteiger partial charge < -0.3 is 15.1 Å². The van der Waals surface area contributed by atoms with Crippen molar-refractivity contribution in [3.05, 3.63) is 71.0 Å². The molecular weight excluding hydrogens is 386 g/mol. The van der Waals surface area contributed by atoms with E-state index >= 15 is 0 Å². The molecule has 2 amide bonds. The molecule has 1 aliphatic rings. The molecular formula is C22H24ClN5O. The Labute approximate surface area is 175 Å². The second-order valence-corrected chi connectivity index (χ2v) is 7.56. The highest BCUT2D eigenvalue weighted by Crippen LogP contribution is 2.28. The molecule has 7 heteroatoms. The van der Waals surface area contributed by atoms with Crippen molar-refractivity contribution in [2.75, 3.05) is 36.4 Å². The Kier molecular flexibility index (Phi) is 5.45. The molecule has 2 heterocycles. The molecule has 6 nitrogen and oxygen atoms in total. The lowest BCUT2D eigenvalue weighted by molar-refractivity contribution is 0.208. The van der Waals surface area contributed by atoms with E-state index in [2.05, 4.69) is 29.3 Å². The summed E-state index contributed by atoms with van der Waals surface area (Å²) in [6, 6.07) is 17.3. The van der Waals surface area contributed by atoms with Crippen LogP contribution in [0.25, 0.3) is 5.69 Å².